The topological polar surface area (TPSA) is 68.7 Å². The molecular weight excluding hydrogens is 278 g/mol. The Labute approximate surface area is 120 Å². The van der Waals surface area contributed by atoms with E-state index in [1.165, 1.54) is 17.4 Å². The van der Waals surface area contributed by atoms with Crippen LogP contribution in [0, 0.1) is 0 Å². The quantitative estimate of drug-likeness (QED) is 0.829. The van der Waals surface area contributed by atoms with Crippen LogP contribution in [-0.2, 0) is 11.4 Å². The Hall–Kier alpha value is -2.34. The number of rotatable bonds is 6. The third-order valence-corrected chi connectivity index (χ3v) is 3.32. The normalized spacial score (nSPS) is 10.7. The van der Waals surface area contributed by atoms with E-state index in [9.17, 15) is 4.79 Å². The van der Waals surface area contributed by atoms with Gasteiger partial charge in [-0.05, 0) is 18.2 Å². The Balaban J connectivity index is 1.99. The van der Waals surface area contributed by atoms with Crippen LogP contribution in [0.1, 0.15) is 9.88 Å². The van der Waals surface area contributed by atoms with Gasteiger partial charge in [0.15, 0.2) is 11.5 Å². The molecule has 0 aliphatic rings. The highest BCUT2D eigenvalue weighted by molar-refractivity contribution is 7.12. The molecule has 0 saturated carbocycles. The molecule has 1 heterocycles. The number of carbonyl (C=O) groups is 1. The zero-order valence-corrected chi connectivity index (χ0v) is 11.6. The number of benzene rings is 1. The van der Waals surface area contributed by atoms with E-state index >= 15 is 0 Å². The van der Waals surface area contributed by atoms with Gasteiger partial charge in [0.2, 0.25) is 0 Å². The van der Waals surface area contributed by atoms with E-state index < -0.39 is 5.97 Å². The molecular formula is C14H13NO4S. The number of ether oxygens (including phenoxy) is 2. The highest BCUT2D eigenvalue weighted by atomic mass is 32.1. The number of nitrogens with zero attached hydrogens (tertiary/aromatic N) is 1. The maximum atomic E-state index is 10.4. The fourth-order valence-corrected chi connectivity index (χ4v) is 2.24. The maximum absolute atomic E-state index is 10.4. The third kappa shape index (κ3) is 3.83. The van der Waals surface area contributed by atoms with E-state index in [1.807, 2.05) is 24.3 Å². The molecule has 0 radical (unpaired) electrons. The minimum absolute atomic E-state index is 0.311. The molecule has 20 heavy (non-hydrogen) atoms. The minimum atomic E-state index is -0.981. The number of aromatic nitrogens is 1. The molecule has 0 atom stereocenters. The Morgan fingerprint density at radius 3 is 2.85 bits per heavy atom. The molecule has 5 nitrogen and oxygen atoms in total. The van der Waals surface area contributed by atoms with E-state index in [1.54, 1.807) is 13.3 Å². The number of carboxylic acids is 1. The number of para-hydroxylation sites is 2. The van der Waals surface area contributed by atoms with Crippen molar-refractivity contribution in [1.29, 1.82) is 0 Å². The molecule has 0 amide bonds. The largest absolute Gasteiger partial charge is 0.493 e. The lowest BCUT2D eigenvalue weighted by Crippen LogP contribution is -1.96. The van der Waals surface area contributed by atoms with Gasteiger partial charge in [0.05, 0.1) is 7.11 Å². The second kappa shape index (κ2) is 6.72. The standard InChI is InChI=1S/C14H13NO4S/c1-18-11-4-2-3-5-12(11)19-9-13-15-8-10(20-13)6-7-14(16)17/h2-8H,9H2,1H3,(H,16,17)/b7-6+. The fourth-order valence-electron chi connectivity index (χ4n) is 1.50. The van der Waals surface area contributed by atoms with Crippen molar-refractivity contribution >= 4 is 23.4 Å². The van der Waals surface area contributed by atoms with Crippen molar-refractivity contribution in [2.75, 3.05) is 7.11 Å². The molecule has 2 aromatic rings. The first-order valence-corrected chi connectivity index (χ1v) is 6.62. The minimum Gasteiger partial charge on any atom is -0.493 e. The van der Waals surface area contributed by atoms with Gasteiger partial charge in [0, 0.05) is 17.2 Å². The monoisotopic (exact) mass is 291 g/mol. The van der Waals surface area contributed by atoms with E-state index in [4.69, 9.17) is 14.6 Å². The van der Waals surface area contributed by atoms with Gasteiger partial charge < -0.3 is 14.6 Å². The van der Waals surface area contributed by atoms with Gasteiger partial charge in [0.25, 0.3) is 0 Å². The van der Waals surface area contributed by atoms with Crippen LogP contribution in [0.25, 0.3) is 6.08 Å². The van der Waals surface area contributed by atoms with Crippen molar-refractivity contribution in [3.05, 3.63) is 46.4 Å². The fraction of sp³-hybridized carbons (Fsp3) is 0.143. The van der Waals surface area contributed by atoms with Crippen LogP contribution in [0.15, 0.2) is 36.5 Å². The molecule has 1 N–H and O–H groups in total. The molecule has 2 rings (SSSR count). The summed E-state index contributed by atoms with van der Waals surface area (Å²) in [5.41, 5.74) is 0. The number of methoxy groups -OCH3 is 1. The van der Waals surface area contributed by atoms with Gasteiger partial charge in [-0.25, -0.2) is 9.78 Å². The number of hydrogen-bond acceptors (Lipinski definition) is 5. The Morgan fingerprint density at radius 2 is 2.15 bits per heavy atom. The summed E-state index contributed by atoms with van der Waals surface area (Å²) in [5.74, 6) is 0.327. The predicted octanol–water partition coefficient (Wildman–Crippen LogP) is 2.83. The van der Waals surface area contributed by atoms with Gasteiger partial charge in [0.1, 0.15) is 11.6 Å². The van der Waals surface area contributed by atoms with Crippen molar-refractivity contribution in [3.63, 3.8) is 0 Å². The molecule has 1 aromatic heterocycles. The van der Waals surface area contributed by atoms with Gasteiger partial charge in [-0.3, -0.25) is 0 Å². The summed E-state index contributed by atoms with van der Waals surface area (Å²) < 4.78 is 10.8. The molecule has 0 aliphatic heterocycles. The smallest absolute Gasteiger partial charge is 0.328 e. The third-order valence-electron chi connectivity index (χ3n) is 2.38. The zero-order chi connectivity index (χ0) is 14.4. The summed E-state index contributed by atoms with van der Waals surface area (Å²) >= 11 is 1.38. The van der Waals surface area contributed by atoms with E-state index in [-0.39, 0.29) is 0 Å². The van der Waals surface area contributed by atoms with Gasteiger partial charge >= 0.3 is 5.97 Å². The lowest BCUT2D eigenvalue weighted by Gasteiger charge is -2.08. The first kappa shape index (κ1) is 14.1. The predicted molar refractivity (Wildman–Crippen MR) is 76.1 cm³/mol. The van der Waals surface area contributed by atoms with Crippen molar-refractivity contribution in [2.45, 2.75) is 6.61 Å². The van der Waals surface area contributed by atoms with Gasteiger partial charge in [-0.1, -0.05) is 12.1 Å². The van der Waals surface area contributed by atoms with Crippen LogP contribution < -0.4 is 9.47 Å². The lowest BCUT2D eigenvalue weighted by molar-refractivity contribution is -0.131. The Bertz CT molecular complexity index is 621. The van der Waals surface area contributed by atoms with Crippen LogP contribution in [0.5, 0.6) is 11.5 Å². The first-order chi connectivity index (χ1) is 9.69. The van der Waals surface area contributed by atoms with Crippen LogP contribution in [0.2, 0.25) is 0 Å². The maximum Gasteiger partial charge on any atom is 0.328 e. The Kier molecular flexibility index (Phi) is 4.73. The summed E-state index contributed by atoms with van der Waals surface area (Å²) in [5, 5.41) is 9.31. The summed E-state index contributed by atoms with van der Waals surface area (Å²) in [6.45, 7) is 0.311. The highest BCUT2D eigenvalue weighted by Crippen LogP contribution is 2.27. The van der Waals surface area contributed by atoms with Crippen LogP contribution >= 0.6 is 11.3 Å². The van der Waals surface area contributed by atoms with E-state index in [0.29, 0.717) is 18.1 Å². The number of thiazole rings is 1. The molecule has 1 aromatic carbocycles. The molecule has 0 fully saturated rings. The van der Waals surface area contributed by atoms with Crippen molar-refractivity contribution < 1.29 is 19.4 Å². The molecule has 104 valence electrons. The average Bonchev–Trinajstić information content (AvgIpc) is 2.91. The van der Waals surface area contributed by atoms with E-state index in [0.717, 1.165) is 16.0 Å². The summed E-state index contributed by atoms with van der Waals surface area (Å²) in [6, 6.07) is 7.36. The molecule has 0 bridgehead atoms. The highest BCUT2D eigenvalue weighted by Gasteiger charge is 2.05. The Morgan fingerprint density at radius 1 is 1.40 bits per heavy atom. The zero-order valence-electron chi connectivity index (χ0n) is 10.8. The molecule has 0 aliphatic carbocycles. The van der Waals surface area contributed by atoms with Crippen LogP contribution in [0.3, 0.4) is 0 Å². The van der Waals surface area contributed by atoms with Gasteiger partial charge in [-0.2, -0.15) is 0 Å². The number of hydrogen-bond donors (Lipinski definition) is 1. The second-order valence-electron chi connectivity index (χ2n) is 3.77. The SMILES string of the molecule is COc1ccccc1OCc1ncc(/C=C/C(=O)O)s1. The number of aliphatic carboxylic acids is 1. The van der Waals surface area contributed by atoms with Gasteiger partial charge in [-0.15, -0.1) is 11.3 Å². The molecule has 0 spiro atoms. The lowest BCUT2D eigenvalue weighted by atomic mass is 10.3. The van der Waals surface area contributed by atoms with Crippen LogP contribution in [-0.4, -0.2) is 23.2 Å². The summed E-state index contributed by atoms with van der Waals surface area (Å²) in [7, 11) is 1.58. The van der Waals surface area contributed by atoms with Crippen molar-refractivity contribution in [2.24, 2.45) is 0 Å². The van der Waals surface area contributed by atoms with E-state index in [2.05, 4.69) is 4.98 Å². The number of carboxylic acid groups (broad SMARTS) is 1. The van der Waals surface area contributed by atoms with Crippen molar-refractivity contribution in [1.82, 2.24) is 4.98 Å². The average molecular weight is 291 g/mol. The molecule has 0 saturated heterocycles. The first-order valence-electron chi connectivity index (χ1n) is 5.80. The molecule has 6 heteroatoms. The molecule has 0 unspecified atom stereocenters. The second-order valence-corrected chi connectivity index (χ2v) is 4.91. The van der Waals surface area contributed by atoms with Crippen LogP contribution in [0.4, 0.5) is 0 Å². The van der Waals surface area contributed by atoms with Crippen molar-refractivity contribution in [3.8, 4) is 11.5 Å². The summed E-state index contributed by atoms with van der Waals surface area (Å²) in [4.78, 5) is 15.4. The summed E-state index contributed by atoms with van der Waals surface area (Å²) in [6.07, 6.45) is 4.20.